The number of hydrogen-bond donors (Lipinski definition) is 1. The van der Waals surface area contributed by atoms with Gasteiger partial charge < -0.3 is 14.9 Å². The molecule has 0 aliphatic carbocycles. The topological polar surface area (TPSA) is 121 Å². The van der Waals surface area contributed by atoms with Crippen molar-refractivity contribution in [3.63, 3.8) is 0 Å². The molecule has 6 rings (SSSR count). The lowest BCUT2D eigenvalue weighted by Crippen LogP contribution is -2.29. The average molecular weight is 553 g/mol. The largest absolute Gasteiger partial charge is 0.465 e. The van der Waals surface area contributed by atoms with Gasteiger partial charge in [0.25, 0.3) is 5.91 Å². The van der Waals surface area contributed by atoms with Crippen molar-refractivity contribution >= 4 is 23.6 Å². The van der Waals surface area contributed by atoms with Crippen LogP contribution < -0.4 is 9.80 Å². The highest BCUT2D eigenvalue weighted by Crippen LogP contribution is 2.35. The lowest BCUT2D eigenvalue weighted by atomic mass is 10.1. The summed E-state index contributed by atoms with van der Waals surface area (Å²) in [6.45, 7) is 7.26. The first-order chi connectivity index (χ1) is 19.7. The van der Waals surface area contributed by atoms with Crippen molar-refractivity contribution < 1.29 is 14.7 Å². The van der Waals surface area contributed by atoms with Crippen LogP contribution in [0.15, 0.2) is 48.5 Å². The molecule has 11 nitrogen and oxygen atoms in total. The molecule has 0 bridgehead atoms. The molecule has 2 aliphatic rings. The maximum Gasteiger partial charge on any atom is 0.407 e. The predicted molar refractivity (Wildman–Crippen MR) is 154 cm³/mol. The summed E-state index contributed by atoms with van der Waals surface area (Å²) in [6.07, 6.45) is 1.05. The molecule has 1 saturated heterocycles. The zero-order valence-electron chi connectivity index (χ0n) is 23.6. The van der Waals surface area contributed by atoms with Gasteiger partial charge in [0.1, 0.15) is 23.2 Å². The fraction of sp³-hybridized carbons (Fsp3) is 0.333. The fourth-order valence-electron chi connectivity index (χ4n) is 5.71. The van der Waals surface area contributed by atoms with Crippen LogP contribution in [-0.4, -0.2) is 66.4 Å². The van der Waals surface area contributed by atoms with Gasteiger partial charge in [0, 0.05) is 25.2 Å². The summed E-state index contributed by atoms with van der Waals surface area (Å²) in [4.78, 5) is 40.3. The number of para-hydroxylation sites is 1. The Labute approximate surface area is 238 Å². The first-order valence-corrected chi connectivity index (χ1v) is 13.7. The molecule has 3 aromatic heterocycles. The van der Waals surface area contributed by atoms with E-state index in [1.807, 2.05) is 60.9 Å². The fourth-order valence-corrected chi connectivity index (χ4v) is 5.71. The highest BCUT2D eigenvalue weighted by atomic mass is 16.4. The van der Waals surface area contributed by atoms with Gasteiger partial charge in [-0.15, -0.1) is 10.2 Å². The van der Waals surface area contributed by atoms with Crippen LogP contribution in [0.3, 0.4) is 0 Å². The maximum atomic E-state index is 13.9. The van der Waals surface area contributed by atoms with Crippen molar-refractivity contribution in [2.24, 2.45) is 0 Å². The third-order valence-electron chi connectivity index (χ3n) is 7.97. The Balaban J connectivity index is 1.39. The first kappa shape index (κ1) is 26.4. The molecule has 1 aromatic carbocycles. The number of carboxylic acid groups (broad SMARTS) is 1. The number of pyridine rings is 2. The number of fused-ring (bicyclic) bond motifs is 1. The van der Waals surface area contributed by atoms with E-state index in [1.165, 1.54) is 11.9 Å². The molecule has 0 saturated carbocycles. The van der Waals surface area contributed by atoms with Gasteiger partial charge in [-0.3, -0.25) is 14.3 Å². The highest BCUT2D eigenvalue weighted by Gasteiger charge is 2.35. The van der Waals surface area contributed by atoms with Crippen molar-refractivity contribution in [2.75, 3.05) is 23.4 Å². The van der Waals surface area contributed by atoms with Gasteiger partial charge in [0.05, 0.1) is 30.0 Å². The van der Waals surface area contributed by atoms with E-state index in [2.05, 4.69) is 22.0 Å². The van der Waals surface area contributed by atoms with E-state index in [0.29, 0.717) is 40.5 Å². The van der Waals surface area contributed by atoms with E-state index in [9.17, 15) is 14.7 Å². The van der Waals surface area contributed by atoms with Crippen LogP contribution in [0.4, 0.5) is 16.4 Å². The molecule has 41 heavy (non-hydrogen) atoms. The predicted octanol–water partition coefficient (Wildman–Crippen LogP) is 4.60. The Morgan fingerprint density at radius 3 is 2.61 bits per heavy atom. The Kier molecular flexibility index (Phi) is 6.64. The average Bonchev–Trinajstić information content (AvgIpc) is 3.66. The number of aryl methyl sites for hydroxylation is 2. The van der Waals surface area contributed by atoms with Crippen molar-refractivity contribution in [3.8, 4) is 17.2 Å². The van der Waals surface area contributed by atoms with E-state index in [4.69, 9.17) is 9.97 Å². The number of hydrogen-bond acceptors (Lipinski definition) is 7. The van der Waals surface area contributed by atoms with Gasteiger partial charge in [0.2, 0.25) is 0 Å². The molecule has 5 heterocycles. The second kappa shape index (κ2) is 10.3. The SMILES string of the molecule is Cc1ccccc1-n1c(C)nnc1-c1cccc(N2Cc3c(cc(N4CCCC4C)nc3CN(C)C(=O)O)C2=O)n1. The van der Waals surface area contributed by atoms with E-state index in [0.717, 1.165) is 42.0 Å². The second-order valence-electron chi connectivity index (χ2n) is 10.7. The lowest BCUT2D eigenvalue weighted by Gasteiger charge is -2.24. The Hall–Kier alpha value is -4.80. The summed E-state index contributed by atoms with van der Waals surface area (Å²) < 4.78 is 1.97. The van der Waals surface area contributed by atoms with E-state index in [-0.39, 0.29) is 19.0 Å². The number of amides is 2. The quantitative estimate of drug-likeness (QED) is 0.369. The monoisotopic (exact) mass is 552 g/mol. The number of carbonyl (C=O) groups is 2. The molecule has 2 amide bonds. The molecule has 1 unspecified atom stereocenters. The van der Waals surface area contributed by atoms with Crippen LogP contribution in [0.5, 0.6) is 0 Å². The summed E-state index contributed by atoms with van der Waals surface area (Å²) in [5.74, 6) is 2.32. The summed E-state index contributed by atoms with van der Waals surface area (Å²) in [7, 11) is 1.51. The molecular weight excluding hydrogens is 520 g/mol. The molecule has 210 valence electrons. The minimum atomic E-state index is -1.05. The number of benzene rings is 1. The number of anilines is 2. The molecule has 1 atom stereocenters. The second-order valence-corrected chi connectivity index (χ2v) is 10.7. The molecule has 0 spiro atoms. The van der Waals surface area contributed by atoms with Crippen LogP contribution in [-0.2, 0) is 13.1 Å². The standard InChI is InChI=1S/C30H32N8O3/c1-18-9-5-6-12-25(18)38-20(3)33-34-28(38)23-11-7-13-26(31-23)37-16-22-21(29(37)39)15-27(36-14-8-10-19(36)2)32-24(22)17-35(4)30(40)41/h5-7,9,11-13,15,19H,8,10,14,16-17H2,1-4H3,(H,40,41). The molecule has 11 heteroatoms. The molecule has 0 radical (unpaired) electrons. The van der Waals surface area contributed by atoms with E-state index < -0.39 is 6.09 Å². The number of rotatable bonds is 6. The zero-order valence-corrected chi connectivity index (χ0v) is 23.6. The summed E-state index contributed by atoms with van der Waals surface area (Å²) in [5, 5.41) is 18.3. The smallest absolute Gasteiger partial charge is 0.407 e. The van der Waals surface area contributed by atoms with Crippen LogP contribution >= 0.6 is 0 Å². The number of carbonyl (C=O) groups excluding carboxylic acids is 1. The van der Waals surface area contributed by atoms with Gasteiger partial charge in [-0.05, 0) is 63.4 Å². The summed E-state index contributed by atoms with van der Waals surface area (Å²) in [6, 6.07) is 15.7. The molecule has 1 N–H and O–H groups in total. The third-order valence-corrected chi connectivity index (χ3v) is 7.97. The zero-order chi connectivity index (χ0) is 28.8. The van der Waals surface area contributed by atoms with Crippen LogP contribution in [0.25, 0.3) is 17.2 Å². The van der Waals surface area contributed by atoms with Gasteiger partial charge in [-0.25, -0.2) is 14.8 Å². The Morgan fingerprint density at radius 1 is 1.07 bits per heavy atom. The Morgan fingerprint density at radius 2 is 1.88 bits per heavy atom. The van der Waals surface area contributed by atoms with Gasteiger partial charge in [-0.2, -0.15) is 0 Å². The van der Waals surface area contributed by atoms with Crippen molar-refractivity contribution in [2.45, 2.75) is 52.7 Å². The molecule has 2 aliphatic heterocycles. The van der Waals surface area contributed by atoms with Crippen LogP contribution in [0.1, 0.15) is 52.8 Å². The van der Waals surface area contributed by atoms with E-state index in [1.54, 1.807) is 11.0 Å². The van der Waals surface area contributed by atoms with Gasteiger partial charge in [0.15, 0.2) is 5.82 Å². The minimum absolute atomic E-state index is 0.0844. The van der Waals surface area contributed by atoms with Crippen LogP contribution in [0.2, 0.25) is 0 Å². The minimum Gasteiger partial charge on any atom is -0.465 e. The normalized spacial score (nSPS) is 16.4. The lowest BCUT2D eigenvalue weighted by molar-refractivity contribution is 0.0996. The number of nitrogens with zero attached hydrogens (tertiary/aromatic N) is 8. The summed E-state index contributed by atoms with van der Waals surface area (Å²) >= 11 is 0. The van der Waals surface area contributed by atoms with Gasteiger partial charge >= 0.3 is 6.09 Å². The molecular formula is C30H32N8O3. The highest BCUT2D eigenvalue weighted by molar-refractivity contribution is 6.10. The van der Waals surface area contributed by atoms with E-state index >= 15 is 0 Å². The molecule has 1 fully saturated rings. The maximum absolute atomic E-state index is 13.9. The first-order valence-electron chi connectivity index (χ1n) is 13.7. The number of aromatic nitrogens is 5. The molecule has 4 aromatic rings. The third kappa shape index (κ3) is 4.66. The van der Waals surface area contributed by atoms with Gasteiger partial charge in [-0.1, -0.05) is 24.3 Å². The van der Waals surface area contributed by atoms with Crippen molar-refractivity contribution in [1.82, 2.24) is 29.6 Å². The summed E-state index contributed by atoms with van der Waals surface area (Å²) in [5.41, 5.74) is 4.48. The van der Waals surface area contributed by atoms with Crippen molar-refractivity contribution in [1.29, 1.82) is 0 Å². The van der Waals surface area contributed by atoms with Crippen LogP contribution in [0, 0.1) is 13.8 Å². The van der Waals surface area contributed by atoms with Crippen molar-refractivity contribution in [3.05, 3.63) is 76.7 Å². The Bertz CT molecular complexity index is 1670.